The van der Waals surface area contributed by atoms with E-state index in [9.17, 15) is 22.9 Å². The van der Waals surface area contributed by atoms with Crippen molar-refractivity contribution in [1.29, 1.82) is 0 Å². The van der Waals surface area contributed by atoms with Crippen molar-refractivity contribution in [3.63, 3.8) is 0 Å². The van der Waals surface area contributed by atoms with Gasteiger partial charge >= 0.3 is 0 Å². The fraction of sp³-hybridized carbons (Fsp3) is 0.0769. The lowest BCUT2D eigenvalue weighted by Gasteiger charge is -2.07. The van der Waals surface area contributed by atoms with Gasteiger partial charge in [0.2, 0.25) is 0 Å². The van der Waals surface area contributed by atoms with E-state index in [1.54, 1.807) is 0 Å². The number of nitro groups is 1. The first-order valence-corrected chi connectivity index (χ1v) is 7.58. The van der Waals surface area contributed by atoms with Crippen LogP contribution in [0, 0.1) is 15.9 Å². The molecule has 0 spiro atoms. The summed E-state index contributed by atoms with van der Waals surface area (Å²) in [6.07, 6.45) is 1.07. The van der Waals surface area contributed by atoms with Gasteiger partial charge in [0.25, 0.3) is 5.69 Å². The van der Waals surface area contributed by atoms with Gasteiger partial charge in [-0.25, -0.2) is 12.8 Å². The van der Waals surface area contributed by atoms with Crippen molar-refractivity contribution >= 4 is 15.5 Å². The maximum absolute atomic E-state index is 13.6. The van der Waals surface area contributed by atoms with Gasteiger partial charge in [0.05, 0.1) is 15.9 Å². The Hall–Kier alpha value is -2.48. The first-order valence-electron chi connectivity index (χ1n) is 5.69. The molecule has 0 fully saturated rings. The third-order valence-corrected chi connectivity index (χ3v) is 3.73. The normalized spacial score (nSPS) is 11.1. The van der Waals surface area contributed by atoms with Crippen molar-refractivity contribution in [3.05, 3.63) is 58.4 Å². The average Bonchev–Trinajstić information content (AvgIpc) is 2.40. The summed E-state index contributed by atoms with van der Waals surface area (Å²) in [6, 6.07) is 8.40. The van der Waals surface area contributed by atoms with E-state index in [0.29, 0.717) is 0 Å². The molecule has 0 aliphatic carbocycles. The lowest BCUT2D eigenvalue weighted by molar-refractivity contribution is -0.385. The Balaban J connectivity index is 2.24. The number of nitro benzene ring substituents is 1. The molecular formula is C13H10FNO5S. The van der Waals surface area contributed by atoms with Crippen LogP contribution in [0.3, 0.4) is 0 Å². The lowest BCUT2D eigenvalue weighted by atomic mass is 10.3. The van der Waals surface area contributed by atoms with Crippen molar-refractivity contribution in [1.82, 2.24) is 0 Å². The van der Waals surface area contributed by atoms with Crippen molar-refractivity contribution in [2.24, 2.45) is 0 Å². The summed E-state index contributed by atoms with van der Waals surface area (Å²) in [5.41, 5.74) is -0.382. The fourth-order valence-electron chi connectivity index (χ4n) is 1.57. The highest BCUT2D eigenvalue weighted by atomic mass is 32.2. The minimum absolute atomic E-state index is 0.110. The van der Waals surface area contributed by atoms with Crippen LogP contribution < -0.4 is 4.74 Å². The molecule has 6 nitrogen and oxygen atoms in total. The van der Waals surface area contributed by atoms with Crippen molar-refractivity contribution < 1.29 is 22.5 Å². The van der Waals surface area contributed by atoms with Crippen LogP contribution in [-0.2, 0) is 9.84 Å². The van der Waals surface area contributed by atoms with Crippen molar-refractivity contribution in [2.45, 2.75) is 4.90 Å². The molecule has 110 valence electrons. The maximum atomic E-state index is 13.6. The molecular weight excluding hydrogens is 301 g/mol. The summed E-state index contributed by atoms with van der Waals surface area (Å²) < 4.78 is 41.4. The van der Waals surface area contributed by atoms with E-state index in [4.69, 9.17) is 4.74 Å². The van der Waals surface area contributed by atoms with Gasteiger partial charge in [-0.15, -0.1) is 0 Å². The minimum Gasteiger partial charge on any atom is -0.454 e. The Labute approximate surface area is 119 Å². The first-order chi connectivity index (χ1) is 9.77. The number of halogens is 1. The molecule has 0 saturated carbocycles. The number of hydrogen-bond donors (Lipinski definition) is 0. The van der Waals surface area contributed by atoms with Crippen LogP contribution in [0.5, 0.6) is 11.5 Å². The number of rotatable bonds is 4. The summed E-state index contributed by atoms with van der Waals surface area (Å²) in [4.78, 5) is 9.89. The van der Waals surface area contributed by atoms with Crippen LogP contribution in [-0.4, -0.2) is 19.6 Å². The maximum Gasteiger partial charge on any atom is 0.272 e. The largest absolute Gasteiger partial charge is 0.454 e. The van der Waals surface area contributed by atoms with Gasteiger partial charge in [0.15, 0.2) is 21.4 Å². The Kier molecular flexibility index (Phi) is 3.90. The quantitative estimate of drug-likeness (QED) is 0.640. The van der Waals surface area contributed by atoms with Gasteiger partial charge in [-0.2, -0.15) is 0 Å². The number of hydrogen-bond acceptors (Lipinski definition) is 5. The Morgan fingerprint density at radius 2 is 1.76 bits per heavy atom. The van der Waals surface area contributed by atoms with Crippen molar-refractivity contribution in [3.8, 4) is 11.5 Å². The molecule has 0 radical (unpaired) electrons. The molecule has 0 aromatic heterocycles. The van der Waals surface area contributed by atoms with E-state index in [2.05, 4.69) is 0 Å². The van der Waals surface area contributed by atoms with Gasteiger partial charge in [0, 0.05) is 12.3 Å². The third-order valence-electron chi connectivity index (χ3n) is 2.61. The van der Waals surface area contributed by atoms with E-state index in [1.807, 2.05) is 0 Å². The molecule has 0 aliphatic rings. The molecule has 0 bridgehead atoms. The standard InChI is InChI=1S/C13H10FNO5S/c1-21(18,19)11-5-3-10(4-6-11)20-13-7-2-9(15(16)17)8-12(13)14/h2-8H,1H3. The molecule has 0 atom stereocenters. The Morgan fingerprint density at radius 1 is 1.14 bits per heavy atom. The zero-order valence-corrected chi connectivity index (χ0v) is 11.6. The number of sulfone groups is 1. The molecule has 2 aromatic carbocycles. The molecule has 0 saturated heterocycles. The molecule has 2 rings (SSSR count). The number of benzene rings is 2. The highest BCUT2D eigenvalue weighted by Gasteiger charge is 2.13. The number of nitrogens with zero attached hydrogens (tertiary/aromatic N) is 1. The molecule has 0 amide bonds. The van der Waals surface area contributed by atoms with Gasteiger partial charge in [-0.3, -0.25) is 10.1 Å². The summed E-state index contributed by atoms with van der Waals surface area (Å²) >= 11 is 0. The molecule has 0 aliphatic heterocycles. The minimum atomic E-state index is -3.32. The highest BCUT2D eigenvalue weighted by molar-refractivity contribution is 7.90. The zero-order chi connectivity index (χ0) is 15.6. The van der Waals surface area contributed by atoms with Crippen LogP contribution >= 0.6 is 0 Å². The Bertz CT molecular complexity index is 787. The molecule has 21 heavy (non-hydrogen) atoms. The molecule has 2 aromatic rings. The van der Waals surface area contributed by atoms with Crippen LogP contribution in [0.2, 0.25) is 0 Å². The van der Waals surface area contributed by atoms with Crippen LogP contribution in [0.4, 0.5) is 10.1 Å². The van der Waals surface area contributed by atoms with E-state index < -0.39 is 20.6 Å². The zero-order valence-electron chi connectivity index (χ0n) is 10.8. The number of non-ortho nitro benzene ring substituents is 1. The summed E-state index contributed by atoms with van der Waals surface area (Å²) in [5.74, 6) is -0.848. The average molecular weight is 311 g/mol. The van der Waals surface area contributed by atoms with Crippen LogP contribution in [0.25, 0.3) is 0 Å². The van der Waals surface area contributed by atoms with E-state index in [1.165, 1.54) is 24.3 Å². The van der Waals surface area contributed by atoms with Crippen LogP contribution in [0.1, 0.15) is 0 Å². The van der Waals surface area contributed by atoms with Crippen LogP contribution in [0.15, 0.2) is 47.4 Å². The van der Waals surface area contributed by atoms with E-state index in [-0.39, 0.29) is 22.1 Å². The second-order valence-corrected chi connectivity index (χ2v) is 6.23. The molecule has 0 N–H and O–H groups in total. The topological polar surface area (TPSA) is 86.5 Å². The predicted molar refractivity (Wildman–Crippen MR) is 72.7 cm³/mol. The monoisotopic (exact) mass is 311 g/mol. The molecule has 8 heteroatoms. The lowest BCUT2D eigenvalue weighted by Crippen LogP contribution is -1.97. The van der Waals surface area contributed by atoms with Gasteiger partial charge in [-0.1, -0.05) is 0 Å². The summed E-state index contributed by atoms with van der Waals surface area (Å²) in [6.45, 7) is 0. The summed E-state index contributed by atoms with van der Waals surface area (Å²) in [7, 11) is -3.32. The molecule has 0 unspecified atom stereocenters. The predicted octanol–water partition coefficient (Wildman–Crippen LogP) is 2.93. The third kappa shape index (κ3) is 3.54. The SMILES string of the molecule is CS(=O)(=O)c1ccc(Oc2ccc([N+](=O)[O-])cc2F)cc1. The fourth-order valence-corrected chi connectivity index (χ4v) is 2.20. The van der Waals surface area contributed by atoms with E-state index >= 15 is 0 Å². The van der Waals surface area contributed by atoms with Gasteiger partial charge < -0.3 is 4.74 Å². The first kappa shape index (κ1) is 14.9. The highest BCUT2D eigenvalue weighted by Crippen LogP contribution is 2.28. The van der Waals surface area contributed by atoms with E-state index in [0.717, 1.165) is 24.5 Å². The Morgan fingerprint density at radius 3 is 2.24 bits per heavy atom. The second kappa shape index (κ2) is 5.49. The summed E-state index contributed by atoms with van der Waals surface area (Å²) in [5, 5.41) is 10.5. The van der Waals surface area contributed by atoms with Crippen molar-refractivity contribution in [2.75, 3.05) is 6.26 Å². The molecule has 0 heterocycles. The number of ether oxygens (including phenoxy) is 1. The smallest absolute Gasteiger partial charge is 0.272 e. The van der Waals surface area contributed by atoms with Gasteiger partial charge in [0.1, 0.15) is 5.75 Å². The van der Waals surface area contributed by atoms with Gasteiger partial charge in [-0.05, 0) is 30.3 Å². The second-order valence-electron chi connectivity index (χ2n) is 4.22.